The molecule has 0 saturated heterocycles. The fraction of sp³-hybridized carbons (Fsp3) is 0.545. The maximum absolute atomic E-state index is 11.7. The Bertz CT molecular complexity index is 352. The van der Waals surface area contributed by atoms with Crippen molar-refractivity contribution < 1.29 is 9.90 Å². The van der Waals surface area contributed by atoms with Crippen LogP contribution in [-0.4, -0.2) is 17.6 Å². The second kappa shape index (κ2) is 6.23. The van der Waals surface area contributed by atoms with Crippen LogP contribution < -0.4 is 5.32 Å². The molecule has 1 heterocycles. The average Bonchev–Trinajstić information content (AvgIpc) is 2.62. The topological polar surface area (TPSA) is 49.3 Å². The van der Waals surface area contributed by atoms with Crippen LogP contribution in [0.5, 0.6) is 0 Å². The fourth-order valence-electron chi connectivity index (χ4n) is 1.35. The lowest BCUT2D eigenvalue weighted by Gasteiger charge is -2.17. The number of aliphatic hydroxyl groups is 1. The van der Waals surface area contributed by atoms with E-state index in [0.29, 0.717) is 10.9 Å². The summed E-state index contributed by atoms with van der Waals surface area (Å²) >= 11 is 7.23. The lowest BCUT2D eigenvalue weighted by Crippen LogP contribution is -2.35. The molecule has 0 spiro atoms. The van der Waals surface area contributed by atoms with Crippen LogP contribution in [0, 0.1) is 11.8 Å². The standard InChI is InChI=1S/C11H16ClNO2S/c1-7(2)9(6-14)11(15)13-5-8-3-4-10(12)16-8/h3-4,7,9,14H,5-6H2,1-2H3,(H,13,15). The molecule has 0 aliphatic heterocycles. The van der Waals surface area contributed by atoms with E-state index < -0.39 is 0 Å². The van der Waals surface area contributed by atoms with Crippen LogP contribution in [0.25, 0.3) is 0 Å². The van der Waals surface area contributed by atoms with Crippen LogP contribution >= 0.6 is 22.9 Å². The van der Waals surface area contributed by atoms with Crippen molar-refractivity contribution in [1.82, 2.24) is 5.32 Å². The summed E-state index contributed by atoms with van der Waals surface area (Å²) in [6.45, 7) is 4.19. The largest absolute Gasteiger partial charge is 0.396 e. The van der Waals surface area contributed by atoms with E-state index in [1.807, 2.05) is 19.9 Å². The molecular formula is C11H16ClNO2S. The zero-order valence-corrected chi connectivity index (χ0v) is 10.9. The Balaban J connectivity index is 2.45. The molecule has 0 aliphatic rings. The summed E-state index contributed by atoms with van der Waals surface area (Å²) < 4.78 is 0.715. The summed E-state index contributed by atoms with van der Waals surface area (Å²) in [6.07, 6.45) is 0. The van der Waals surface area contributed by atoms with Crippen LogP contribution in [0.3, 0.4) is 0 Å². The number of carbonyl (C=O) groups excluding carboxylic acids is 1. The smallest absolute Gasteiger partial charge is 0.225 e. The highest BCUT2D eigenvalue weighted by atomic mass is 35.5. The Morgan fingerprint density at radius 1 is 1.56 bits per heavy atom. The monoisotopic (exact) mass is 261 g/mol. The van der Waals surface area contributed by atoms with Crippen LogP contribution in [0.15, 0.2) is 12.1 Å². The van der Waals surface area contributed by atoms with Crippen molar-refractivity contribution in [2.24, 2.45) is 11.8 Å². The second-order valence-electron chi connectivity index (χ2n) is 3.96. The molecule has 0 fully saturated rings. The zero-order valence-electron chi connectivity index (χ0n) is 9.37. The quantitative estimate of drug-likeness (QED) is 0.854. The minimum atomic E-state index is -0.338. The van der Waals surface area contributed by atoms with Gasteiger partial charge in [-0.1, -0.05) is 25.4 Å². The van der Waals surface area contributed by atoms with Gasteiger partial charge in [0, 0.05) is 4.88 Å². The van der Waals surface area contributed by atoms with E-state index in [1.54, 1.807) is 6.07 Å². The second-order valence-corrected chi connectivity index (χ2v) is 5.76. The molecule has 0 aliphatic carbocycles. The Labute approximate surface area is 104 Å². The molecule has 0 saturated carbocycles. The van der Waals surface area contributed by atoms with Crippen molar-refractivity contribution in [3.8, 4) is 0 Å². The lowest BCUT2D eigenvalue weighted by molar-refractivity contribution is -0.127. The van der Waals surface area contributed by atoms with Crippen molar-refractivity contribution in [2.75, 3.05) is 6.61 Å². The number of carbonyl (C=O) groups is 1. The predicted octanol–water partition coefficient (Wildman–Crippen LogP) is 2.28. The number of rotatable bonds is 5. The number of amides is 1. The highest BCUT2D eigenvalue weighted by Crippen LogP contribution is 2.21. The summed E-state index contributed by atoms with van der Waals surface area (Å²) in [4.78, 5) is 12.7. The van der Waals surface area contributed by atoms with E-state index in [2.05, 4.69) is 5.32 Å². The molecule has 0 radical (unpaired) electrons. The minimum absolute atomic E-state index is 0.109. The molecule has 1 amide bonds. The van der Waals surface area contributed by atoms with Crippen molar-refractivity contribution in [3.05, 3.63) is 21.3 Å². The zero-order chi connectivity index (χ0) is 12.1. The third-order valence-electron chi connectivity index (χ3n) is 2.40. The molecule has 5 heteroatoms. The number of nitrogens with one attached hydrogen (secondary N) is 1. The van der Waals surface area contributed by atoms with Crippen molar-refractivity contribution in [3.63, 3.8) is 0 Å². The first-order valence-corrected chi connectivity index (χ1v) is 6.36. The average molecular weight is 262 g/mol. The molecule has 16 heavy (non-hydrogen) atoms. The van der Waals surface area contributed by atoms with Gasteiger partial charge in [0.25, 0.3) is 0 Å². The summed E-state index contributed by atoms with van der Waals surface area (Å²) in [7, 11) is 0. The van der Waals surface area contributed by atoms with Crippen LogP contribution in [0.1, 0.15) is 18.7 Å². The first-order valence-electron chi connectivity index (χ1n) is 5.17. The molecule has 1 rings (SSSR count). The third-order valence-corrected chi connectivity index (χ3v) is 3.64. The maximum atomic E-state index is 11.7. The minimum Gasteiger partial charge on any atom is -0.396 e. The van der Waals surface area contributed by atoms with E-state index in [9.17, 15) is 4.79 Å². The number of hydrogen-bond donors (Lipinski definition) is 2. The van der Waals surface area contributed by atoms with Gasteiger partial charge in [0.2, 0.25) is 5.91 Å². The summed E-state index contributed by atoms with van der Waals surface area (Å²) in [5.41, 5.74) is 0. The van der Waals surface area contributed by atoms with Gasteiger partial charge < -0.3 is 10.4 Å². The van der Waals surface area contributed by atoms with Crippen LogP contribution in [0.2, 0.25) is 4.34 Å². The van der Waals surface area contributed by atoms with Gasteiger partial charge in [-0.15, -0.1) is 11.3 Å². The van der Waals surface area contributed by atoms with Crippen LogP contribution in [-0.2, 0) is 11.3 Å². The predicted molar refractivity (Wildman–Crippen MR) is 66.6 cm³/mol. The molecule has 0 aromatic carbocycles. The first-order chi connectivity index (χ1) is 7.54. The first kappa shape index (κ1) is 13.5. The summed E-state index contributed by atoms with van der Waals surface area (Å²) in [5.74, 6) is -0.311. The lowest BCUT2D eigenvalue weighted by atomic mass is 9.96. The molecule has 2 N–H and O–H groups in total. The van der Waals surface area contributed by atoms with Gasteiger partial charge in [0.05, 0.1) is 23.4 Å². The van der Waals surface area contributed by atoms with E-state index in [-0.39, 0.29) is 24.3 Å². The third kappa shape index (κ3) is 3.77. The molecule has 1 atom stereocenters. The summed E-state index contributed by atoms with van der Waals surface area (Å²) in [6, 6.07) is 3.69. The van der Waals surface area contributed by atoms with Crippen molar-refractivity contribution in [1.29, 1.82) is 0 Å². The summed E-state index contributed by atoms with van der Waals surface area (Å²) in [5, 5.41) is 11.9. The van der Waals surface area contributed by atoms with E-state index in [0.717, 1.165) is 4.88 Å². The van der Waals surface area contributed by atoms with Gasteiger partial charge in [-0.25, -0.2) is 0 Å². The van der Waals surface area contributed by atoms with Gasteiger partial charge >= 0.3 is 0 Å². The van der Waals surface area contributed by atoms with E-state index in [1.165, 1.54) is 11.3 Å². The fourth-order valence-corrected chi connectivity index (χ4v) is 2.38. The number of thiophene rings is 1. The molecule has 1 aromatic heterocycles. The molecule has 90 valence electrons. The van der Waals surface area contributed by atoms with Gasteiger partial charge in [-0.3, -0.25) is 4.79 Å². The number of aliphatic hydroxyl groups excluding tert-OH is 1. The van der Waals surface area contributed by atoms with Crippen LogP contribution in [0.4, 0.5) is 0 Å². The highest BCUT2D eigenvalue weighted by Gasteiger charge is 2.20. The Kier molecular flexibility index (Phi) is 5.25. The Morgan fingerprint density at radius 3 is 2.69 bits per heavy atom. The molecule has 0 bridgehead atoms. The number of hydrogen-bond acceptors (Lipinski definition) is 3. The van der Waals surface area contributed by atoms with E-state index >= 15 is 0 Å². The van der Waals surface area contributed by atoms with Gasteiger partial charge in [-0.2, -0.15) is 0 Å². The maximum Gasteiger partial charge on any atom is 0.225 e. The van der Waals surface area contributed by atoms with Gasteiger partial charge in [0.15, 0.2) is 0 Å². The van der Waals surface area contributed by atoms with Crippen molar-refractivity contribution in [2.45, 2.75) is 20.4 Å². The normalized spacial score (nSPS) is 12.8. The van der Waals surface area contributed by atoms with E-state index in [4.69, 9.17) is 16.7 Å². The molecular weight excluding hydrogens is 246 g/mol. The molecule has 1 aromatic rings. The molecule has 3 nitrogen and oxygen atoms in total. The number of halogens is 1. The Morgan fingerprint density at radius 2 is 2.25 bits per heavy atom. The highest BCUT2D eigenvalue weighted by molar-refractivity contribution is 7.16. The van der Waals surface area contributed by atoms with Gasteiger partial charge in [-0.05, 0) is 18.1 Å². The van der Waals surface area contributed by atoms with Crippen molar-refractivity contribution >= 4 is 28.8 Å². The SMILES string of the molecule is CC(C)C(CO)C(=O)NCc1ccc(Cl)s1. The molecule has 1 unspecified atom stereocenters. The van der Waals surface area contributed by atoms with Gasteiger partial charge in [0.1, 0.15) is 0 Å². The Hall–Kier alpha value is -0.580.